The summed E-state index contributed by atoms with van der Waals surface area (Å²) >= 11 is 0. The van der Waals surface area contributed by atoms with E-state index in [1.807, 2.05) is 0 Å². The van der Waals surface area contributed by atoms with Gasteiger partial charge in [0.25, 0.3) is 0 Å². The summed E-state index contributed by atoms with van der Waals surface area (Å²) < 4.78 is 66.7. The van der Waals surface area contributed by atoms with Gasteiger partial charge in [-0.2, -0.15) is 8.78 Å². The molecule has 0 aromatic heterocycles. The molecule has 0 spiro atoms. The van der Waals surface area contributed by atoms with Crippen LogP contribution in [0.4, 0.5) is 22.0 Å². The highest BCUT2D eigenvalue weighted by Gasteiger charge is 2.46. The number of hydrogen-bond acceptors (Lipinski definition) is 1. The molecule has 0 heterocycles. The monoisotopic (exact) mass is 418 g/mol. The average Bonchev–Trinajstić information content (AvgIpc) is 2.67. The average molecular weight is 418 g/mol. The molecule has 0 saturated heterocycles. The van der Waals surface area contributed by atoms with Crippen molar-refractivity contribution in [1.82, 2.24) is 0 Å². The highest BCUT2D eigenvalue weighted by Crippen LogP contribution is 2.45. The standard InChI is InChI=1S/C23H31F5O/c1-2-3-16-4-6-17(7-5-16)18-8-10-19(11-9-18)20-12-14-21(15-13-20)22(24,25)29-23(26,27)28/h12-19H,2-11H2,1H3. The first-order valence-corrected chi connectivity index (χ1v) is 10.9. The van der Waals surface area contributed by atoms with Crippen LogP contribution in [0.5, 0.6) is 0 Å². The van der Waals surface area contributed by atoms with Crippen molar-refractivity contribution in [2.24, 2.45) is 17.8 Å². The van der Waals surface area contributed by atoms with E-state index >= 15 is 0 Å². The molecule has 0 bridgehead atoms. The Morgan fingerprint density at radius 3 is 1.79 bits per heavy atom. The van der Waals surface area contributed by atoms with Gasteiger partial charge in [0, 0.05) is 0 Å². The Balaban J connectivity index is 1.51. The minimum Gasteiger partial charge on any atom is -0.222 e. The van der Waals surface area contributed by atoms with Crippen LogP contribution in [-0.4, -0.2) is 6.36 Å². The van der Waals surface area contributed by atoms with Crippen molar-refractivity contribution in [2.45, 2.75) is 89.5 Å². The van der Waals surface area contributed by atoms with Gasteiger partial charge in [-0.25, -0.2) is 4.74 Å². The zero-order valence-electron chi connectivity index (χ0n) is 17.0. The highest BCUT2D eigenvalue weighted by atomic mass is 19.4. The molecule has 164 valence electrons. The Hall–Kier alpha value is -1.17. The summed E-state index contributed by atoms with van der Waals surface area (Å²) in [5.41, 5.74) is 0.165. The lowest BCUT2D eigenvalue weighted by Gasteiger charge is -2.38. The van der Waals surface area contributed by atoms with E-state index in [2.05, 4.69) is 11.7 Å². The van der Waals surface area contributed by atoms with Crippen molar-refractivity contribution in [2.75, 3.05) is 0 Å². The fraction of sp³-hybridized carbons (Fsp3) is 0.739. The fourth-order valence-corrected chi connectivity index (χ4v) is 5.43. The molecule has 1 aromatic rings. The molecule has 2 aliphatic rings. The van der Waals surface area contributed by atoms with Crippen molar-refractivity contribution < 1.29 is 26.7 Å². The zero-order chi connectivity index (χ0) is 21.1. The number of ether oxygens (including phenoxy) is 1. The van der Waals surface area contributed by atoms with E-state index in [1.165, 1.54) is 50.7 Å². The van der Waals surface area contributed by atoms with E-state index in [1.54, 1.807) is 0 Å². The van der Waals surface area contributed by atoms with Crippen molar-refractivity contribution >= 4 is 0 Å². The molecule has 0 N–H and O–H groups in total. The first-order valence-electron chi connectivity index (χ1n) is 10.9. The quantitative estimate of drug-likeness (QED) is 0.424. The Labute approximate surface area is 170 Å². The van der Waals surface area contributed by atoms with Crippen LogP contribution in [0.3, 0.4) is 0 Å². The second kappa shape index (κ2) is 9.32. The third-order valence-corrected chi connectivity index (χ3v) is 6.99. The van der Waals surface area contributed by atoms with Gasteiger partial charge in [0.2, 0.25) is 0 Å². The summed E-state index contributed by atoms with van der Waals surface area (Å²) in [5.74, 6) is 2.79. The number of rotatable bonds is 6. The summed E-state index contributed by atoms with van der Waals surface area (Å²) in [6.07, 6.45) is 2.61. The Morgan fingerprint density at radius 2 is 1.31 bits per heavy atom. The topological polar surface area (TPSA) is 9.23 Å². The van der Waals surface area contributed by atoms with Crippen molar-refractivity contribution in [3.05, 3.63) is 35.4 Å². The van der Waals surface area contributed by atoms with E-state index in [-0.39, 0.29) is 0 Å². The molecule has 2 saturated carbocycles. The molecule has 29 heavy (non-hydrogen) atoms. The fourth-order valence-electron chi connectivity index (χ4n) is 5.43. The minimum atomic E-state index is -5.38. The predicted octanol–water partition coefficient (Wildman–Crippen LogP) is 8.15. The Morgan fingerprint density at radius 1 is 0.793 bits per heavy atom. The van der Waals surface area contributed by atoms with Crippen LogP contribution in [0.15, 0.2) is 24.3 Å². The van der Waals surface area contributed by atoms with Gasteiger partial charge < -0.3 is 0 Å². The van der Waals surface area contributed by atoms with Crippen LogP contribution in [-0.2, 0) is 10.8 Å². The van der Waals surface area contributed by atoms with Gasteiger partial charge in [0.15, 0.2) is 0 Å². The minimum absolute atomic E-state index is 0.300. The first kappa shape index (κ1) is 22.5. The Bertz CT molecular complexity index is 624. The number of hydrogen-bond donors (Lipinski definition) is 0. The second-order valence-corrected chi connectivity index (χ2v) is 8.87. The van der Waals surface area contributed by atoms with Crippen LogP contribution in [0.1, 0.15) is 88.2 Å². The van der Waals surface area contributed by atoms with E-state index in [0.717, 1.165) is 61.1 Å². The smallest absolute Gasteiger partial charge is 0.222 e. The van der Waals surface area contributed by atoms with Crippen LogP contribution in [0.2, 0.25) is 0 Å². The highest BCUT2D eigenvalue weighted by molar-refractivity contribution is 5.27. The maximum atomic E-state index is 13.6. The first-order chi connectivity index (χ1) is 13.7. The second-order valence-electron chi connectivity index (χ2n) is 8.87. The molecule has 0 aliphatic heterocycles. The van der Waals surface area contributed by atoms with Gasteiger partial charge in [-0.05, 0) is 67.8 Å². The van der Waals surface area contributed by atoms with Gasteiger partial charge in [-0.3, -0.25) is 0 Å². The summed E-state index contributed by atoms with van der Waals surface area (Å²) in [6, 6.07) is 5.18. The van der Waals surface area contributed by atoms with Gasteiger partial charge in [-0.1, -0.05) is 56.9 Å². The Kier molecular flexibility index (Phi) is 7.23. The molecule has 0 unspecified atom stereocenters. The molecular weight excluding hydrogens is 387 g/mol. The van der Waals surface area contributed by atoms with Crippen molar-refractivity contribution in [3.63, 3.8) is 0 Å². The van der Waals surface area contributed by atoms with E-state index in [0.29, 0.717) is 5.92 Å². The lowest BCUT2D eigenvalue weighted by atomic mass is 9.68. The van der Waals surface area contributed by atoms with Gasteiger partial charge in [0.05, 0.1) is 5.56 Å². The van der Waals surface area contributed by atoms with E-state index in [9.17, 15) is 22.0 Å². The van der Waals surface area contributed by atoms with Crippen molar-refractivity contribution in [3.8, 4) is 0 Å². The molecule has 0 amide bonds. The maximum Gasteiger partial charge on any atom is 0.527 e. The molecule has 6 heteroatoms. The predicted molar refractivity (Wildman–Crippen MR) is 103 cm³/mol. The molecule has 2 aliphatic carbocycles. The summed E-state index contributed by atoms with van der Waals surface area (Å²) in [7, 11) is 0. The summed E-state index contributed by atoms with van der Waals surface area (Å²) in [6.45, 7) is 2.25. The maximum absolute atomic E-state index is 13.6. The molecular formula is C23H31F5O. The zero-order valence-corrected chi connectivity index (χ0v) is 17.0. The number of benzene rings is 1. The number of alkyl halides is 5. The molecule has 2 fully saturated rings. The SMILES string of the molecule is CCCC1CCC(C2CCC(c3ccc(C(F)(F)OC(F)(F)F)cc3)CC2)CC1. The van der Waals surface area contributed by atoms with Gasteiger partial charge in [-0.15, -0.1) is 13.2 Å². The molecule has 1 nitrogen and oxygen atoms in total. The molecule has 0 atom stereocenters. The third-order valence-electron chi connectivity index (χ3n) is 6.99. The van der Waals surface area contributed by atoms with Crippen molar-refractivity contribution in [1.29, 1.82) is 0 Å². The van der Waals surface area contributed by atoms with Crippen LogP contribution in [0, 0.1) is 17.8 Å². The van der Waals surface area contributed by atoms with E-state index < -0.39 is 18.0 Å². The molecule has 3 rings (SSSR count). The summed E-state index contributed by atoms with van der Waals surface area (Å²) in [5, 5.41) is 0. The largest absolute Gasteiger partial charge is 0.527 e. The number of halogens is 5. The lowest BCUT2D eigenvalue weighted by Crippen LogP contribution is -2.27. The van der Waals surface area contributed by atoms with Crippen LogP contribution >= 0.6 is 0 Å². The normalized spacial score (nSPS) is 29.0. The lowest BCUT2D eigenvalue weighted by molar-refractivity contribution is -0.431. The summed E-state index contributed by atoms with van der Waals surface area (Å²) in [4.78, 5) is 0. The third kappa shape index (κ3) is 6.16. The molecule has 1 aromatic carbocycles. The van der Waals surface area contributed by atoms with E-state index in [4.69, 9.17) is 0 Å². The van der Waals surface area contributed by atoms with Crippen LogP contribution in [0.25, 0.3) is 0 Å². The van der Waals surface area contributed by atoms with Crippen LogP contribution < -0.4 is 0 Å². The van der Waals surface area contributed by atoms with Gasteiger partial charge >= 0.3 is 12.5 Å². The van der Waals surface area contributed by atoms with Gasteiger partial charge in [0.1, 0.15) is 0 Å². The molecule has 0 radical (unpaired) electrons.